The molecule has 2 N–H and O–H groups in total. The van der Waals surface area contributed by atoms with Crippen molar-refractivity contribution in [3.05, 3.63) is 18.3 Å². The van der Waals surface area contributed by atoms with Crippen LogP contribution in [0.15, 0.2) is 18.3 Å². The molecular formula is C12H21N3O3S. The Morgan fingerprint density at radius 1 is 1.42 bits per heavy atom. The number of anilines is 1. The van der Waals surface area contributed by atoms with E-state index in [1.165, 1.54) is 0 Å². The summed E-state index contributed by atoms with van der Waals surface area (Å²) in [5.74, 6) is 1.26. The van der Waals surface area contributed by atoms with Crippen LogP contribution in [-0.4, -0.2) is 38.3 Å². The van der Waals surface area contributed by atoms with Gasteiger partial charge in [-0.05, 0) is 32.9 Å². The van der Waals surface area contributed by atoms with Gasteiger partial charge in [-0.2, -0.15) is 0 Å². The molecule has 0 spiro atoms. The summed E-state index contributed by atoms with van der Waals surface area (Å²) in [6, 6.07) is 3.60. The molecular weight excluding hydrogens is 266 g/mol. The van der Waals surface area contributed by atoms with Gasteiger partial charge in [-0.3, -0.25) is 0 Å². The molecule has 108 valence electrons. The van der Waals surface area contributed by atoms with Crippen molar-refractivity contribution >= 4 is 15.8 Å². The Balaban J connectivity index is 2.71. The van der Waals surface area contributed by atoms with Gasteiger partial charge in [0.05, 0.1) is 12.9 Å². The van der Waals surface area contributed by atoms with E-state index in [9.17, 15) is 8.42 Å². The molecule has 0 aliphatic carbocycles. The minimum atomic E-state index is -3.25. The second-order valence-corrected chi connectivity index (χ2v) is 6.64. The molecule has 7 heteroatoms. The Morgan fingerprint density at radius 3 is 2.68 bits per heavy atom. The second kappa shape index (κ2) is 6.21. The molecule has 0 aromatic carbocycles. The third kappa shape index (κ3) is 5.89. The molecule has 0 unspecified atom stereocenters. The molecule has 1 heterocycles. The molecule has 0 aliphatic rings. The summed E-state index contributed by atoms with van der Waals surface area (Å²) in [5, 5.41) is 3.10. The number of hydrogen-bond acceptors (Lipinski definition) is 5. The normalized spacial score (nSPS) is 12.2. The summed E-state index contributed by atoms with van der Waals surface area (Å²) < 4.78 is 30.5. The molecule has 1 aromatic heterocycles. The molecule has 0 saturated carbocycles. The Morgan fingerprint density at radius 2 is 2.11 bits per heavy atom. The number of nitrogens with zero attached hydrogens (tertiary/aromatic N) is 1. The first-order chi connectivity index (χ1) is 8.73. The van der Waals surface area contributed by atoms with Crippen molar-refractivity contribution in [1.82, 2.24) is 9.71 Å². The van der Waals surface area contributed by atoms with Crippen molar-refractivity contribution in [3.8, 4) is 5.75 Å². The van der Waals surface area contributed by atoms with E-state index in [0.29, 0.717) is 24.7 Å². The quantitative estimate of drug-likeness (QED) is 0.788. The van der Waals surface area contributed by atoms with Gasteiger partial charge < -0.3 is 10.1 Å². The van der Waals surface area contributed by atoms with Crippen molar-refractivity contribution in [1.29, 1.82) is 0 Å². The fourth-order valence-corrected chi connectivity index (χ4v) is 2.71. The molecule has 0 amide bonds. The zero-order chi connectivity index (χ0) is 14.5. The molecule has 0 aliphatic heterocycles. The minimum Gasteiger partial charge on any atom is -0.490 e. The Hall–Kier alpha value is -1.34. The van der Waals surface area contributed by atoms with E-state index in [1.54, 1.807) is 26.1 Å². The fraction of sp³-hybridized carbons (Fsp3) is 0.583. The summed E-state index contributed by atoms with van der Waals surface area (Å²) in [6.45, 7) is 6.43. The summed E-state index contributed by atoms with van der Waals surface area (Å²) in [7, 11) is -3.25. The first-order valence-electron chi connectivity index (χ1n) is 6.04. The van der Waals surface area contributed by atoms with Gasteiger partial charge in [0, 0.05) is 18.3 Å². The summed E-state index contributed by atoms with van der Waals surface area (Å²) in [4.78, 5) is 4.18. The highest BCUT2D eigenvalue weighted by Gasteiger charge is 2.22. The standard InChI is InChI=1S/C12H21N3O3S/c1-5-18-10-7-6-8-13-11(10)14-9-12(2,3)15-19(4,16)17/h6-8,15H,5,9H2,1-4H3,(H,13,14). The van der Waals surface area contributed by atoms with Gasteiger partial charge in [-0.25, -0.2) is 18.1 Å². The number of hydrogen-bond donors (Lipinski definition) is 2. The van der Waals surface area contributed by atoms with Crippen LogP contribution in [0.1, 0.15) is 20.8 Å². The molecule has 0 atom stereocenters. The van der Waals surface area contributed by atoms with E-state index in [1.807, 2.05) is 13.0 Å². The zero-order valence-corrected chi connectivity index (χ0v) is 12.5. The largest absolute Gasteiger partial charge is 0.490 e. The van der Waals surface area contributed by atoms with Gasteiger partial charge in [-0.15, -0.1) is 0 Å². The van der Waals surface area contributed by atoms with Crippen molar-refractivity contribution < 1.29 is 13.2 Å². The predicted molar refractivity (Wildman–Crippen MR) is 76.0 cm³/mol. The van der Waals surface area contributed by atoms with Crippen molar-refractivity contribution in [2.45, 2.75) is 26.3 Å². The first-order valence-corrected chi connectivity index (χ1v) is 7.93. The van der Waals surface area contributed by atoms with Crippen LogP contribution < -0.4 is 14.8 Å². The lowest BCUT2D eigenvalue weighted by Gasteiger charge is -2.26. The molecule has 19 heavy (non-hydrogen) atoms. The number of aromatic nitrogens is 1. The van der Waals surface area contributed by atoms with E-state index in [2.05, 4.69) is 15.0 Å². The maximum Gasteiger partial charge on any atom is 0.209 e. The molecule has 0 saturated heterocycles. The summed E-state index contributed by atoms with van der Waals surface area (Å²) in [5.41, 5.74) is -0.616. The van der Waals surface area contributed by atoms with Crippen molar-refractivity contribution in [2.24, 2.45) is 0 Å². The van der Waals surface area contributed by atoms with Gasteiger partial charge >= 0.3 is 0 Å². The third-order valence-electron chi connectivity index (χ3n) is 2.23. The third-order valence-corrected chi connectivity index (χ3v) is 3.15. The van der Waals surface area contributed by atoms with Crippen LogP contribution in [0.25, 0.3) is 0 Å². The zero-order valence-electron chi connectivity index (χ0n) is 11.7. The highest BCUT2D eigenvalue weighted by Crippen LogP contribution is 2.21. The van der Waals surface area contributed by atoms with Gasteiger partial charge in [0.2, 0.25) is 10.0 Å². The minimum absolute atomic E-state index is 0.400. The van der Waals surface area contributed by atoms with Gasteiger partial charge in [-0.1, -0.05) is 0 Å². The molecule has 6 nitrogen and oxygen atoms in total. The van der Waals surface area contributed by atoms with E-state index in [0.717, 1.165) is 6.26 Å². The lowest BCUT2D eigenvalue weighted by Crippen LogP contribution is -2.47. The van der Waals surface area contributed by atoms with Crippen LogP contribution in [0.4, 0.5) is 5.82 Å². The molecule has 0 fully saturated rings. The lowest BCUT2D eigenvalue weighted by atomic mass is 10.1. The maximum atomic E-state index is 11.2. The first kappa shape index (κ1) is 15.7. The van der Waals surface area contributed by atoms with Crippen molar-refractivity contribution in [3.63, 3.8) is 0 Å². The van der Waals surface area contributed by atoms with Crippen LogP contribution in [-0.2, 0) is 10.0 Å². The monoisotopic (exact) mass is 287 g/mol. The summed E-state index contributed by atoms with van der Waals surface area (Å²) in [6.07, 6.45) is 2.79. The molecule has 1 rings (SSSR count). The SMILES string of the molecule is CCOc1cccnc1NCC(C)(C)NS(C)(=O)=O. The van der Waals surface area contributed by atoms with E-state index in [-0.39, 0.29) is 0 Å². The number of nitrogens with one attached hydrogen (secondary N) is 2. The predicted octanol–water partition coefficient (Wildman–Crippen LogP) is 1.22. The number of pyridine rings is 1. The second-order valence-electron chi connectivity index (χ2n) is 4.89. The van der Waals surface area contributed by atoms with Crippen LogP contribution in [0.5, 0.6) is 5.75 Å². The smallest absolute Gasteiger partial charge is 0.209 e. The number of rotatable bonds is 7. The molecule has 0 bridgehead atoms. The van der Waals surface area contributed by atoms with E-state index >= 15 is 0 Å². The average molecular weight is 287 g/mol. The van der Waals surface area contributed by atoms with Crippen LogP contribution >= 0.6 is 0 Å². The van der Waals surface area contributed by atoms with Gasteiger partial charge in [0.1, 0.15) is 0 Å². The molecule has 1 aromatic rings. The highest BCUT2D eigenvalue weighted by atomic mass is 32.2. The molecule has 0 radical (unpaired) electrons. The van der Waals surface area contributed by atoms with Crippen molar-refractivity contribution in [2.75, 3.05) is 24.7 Å². The van der Waals surface area contributed by atoms with E-state index in [4.69, 9.17) is 4.74 Å². The van der Waals surface area contributed by atoms with Crippen LogP contribution in [0, 0.1) is 0 Å². The van der Waals surface area contributed by atoms with E-state index < -0.39 is 15.6 Å². The Kier molecular flexibility index (Phi) is 5.13. The fourth-order valence-electron chi connectivity index (χ4n) is 1.64. The van der Waals surface area contributed by atoms with Crippen LogP contribution in [0.2, 0.25) is 0 Å². The summed E-state index contributed by atoms with van der Waals surface area (Å²) >= 11 is 0. The number of sulfonamides is 1. The Labute approximate surface area is 114 Å². The maximum absolute atomic E-state index is 11.2. The lowest BCUT2D eigenvalue weighted by molar-refractivity contribution is 0.340. The Bertz CT molecular complexity index is 515. The van der Waals surface area contributed by atoms with Gasteiger partial charge in [0.25, 0.3) is 0 Å². The van der Waals surface area contributed by atoms with Crippen LogP contribution in [0.3, 0.4) is 0 Å². The number of ether oxygens (including phenoxy) is 1. The average Bonchev–Trinajstić information content (AvgIpc) is 2.25. The van der Waals surface area contributed by atoms with Gasteiger partial charge in [0.15, 0.2) is 11.6 Å². The topological polar surface area (TPSA) is 80.3 Å². The highest BCUT2D eigenvalue weighted by molar-refractivity contribution is 7.88.